The van der Waals surface area contributed by atoms with Crippen molar-refractivity contribution in [1.29, 1.82) is 0 Å². The van der Waals surface area contributed by atoms with Gasteiger partial charge in [-0.3, -0.25) is 9.59 Å². The van der Waals surface area contributed by atoms with Crippen LogP contribution in [-0.2, 0) is 27.0 Å². The Labute approximate surface area is 172 Å². The van der Waals surface area contributed by atoms with Crippen molar-refractivity contribution >= 4 is 17.9 Å². The minimum absolute atomic E-state index is 0.0352. The molecule has 1 atom stereocenters. The molecule has 0 saturated carbocycles. The highest BCUT2D eigenvalue weighted by Gasteiger charge is 2.54. The molecule has 30 heavy (non-hydrogen) atoms. The summed E-state index contributed by atoms with van der Waals surface area (Å²) >= 11 is 0. The number of ether oxygens (including phenoxy) is 1. The maximum absolute atomic E-state index is 12.8. The molecule has 1 N–H and O–H groups in total. The largest absolute Gasteiger partial charge is 0.444 e. The third-order valence-electron chi connectivity index (χ3n) is 5.16. The van der Waals surface area contributed by atoms with Gasteiger partial charge < -0.3 is 19.9 Å². The van der Waals surface area contributed by atoms with Crippen molar-refractivity contribution in [2.24, 2.45) is 0 Å². The first-order chi connectivity index (χ1) is 13.8. The van der Waals surface area contributed by atoms with E-state index < -0.39 is 29.0 Å². The summed E-state index contributed by atoms with van der Waals surface area (Å²) in [7, 11) is 0. The number of carbonyl (C=O) groups is 3. The molecule has 1 aromatic rings. The van der Waals surface area contributed by atoms with Gasteiger partial charge >= 0.3 is 12.3 Å². The fraction of sp³-hybridized carbons (Fsp3) is 0.550. The second kappa shape index (κ2) is 7.48. The number of piperazine rings is 1. The second-order valence-corrected chi connectivity index (χ2v) is 8.54. The van der Waals surface area contributed by atoms with E-state index in [2.05, 4.69) is 5.32 Å². The number of hydrogen-bond donors (Lipinski definition) is 1. The van der Waals surface area contributed by atoms with Gasteiger partial charge in [0.25, 0.3) is 0 Å². The zero-order valence-corrected chi connectivity index (χ0v) is 17.0. The number of likely N-dealkylation sites (tertiary alicyclic amines) is 1. The normalized spacial score (nSPS) is 22.5. The van der Waals surface area contributed by atoms with Gasteiger partial charge in [0.15, 0.2) is 0 Å². The topological polar surface area (TPSA) is 79.0 Å². The number of nitrogens with one attached hydrogen (secondary N) is 1. The molecule has 3 amide bonds. The predicted octanol–water partition coefficient (Wildman–Crippen LogP) is 2.54. The average Bonchev–Trinajstić information content (AvgIpc) is 3.07. The van der Waals surface area contributed by atoms with Crippen LogP contribution in [0.4, 0.5) is 18.0 Å². The van der Waals surface area contributed by atoms with Gasteiger partial charge in [-0.05, 0) is 44.9 Å². The molecule has 3 rings (SSSR count). The van der Waals surface area contributed by atoms with Gasteiger partial charge in [-0.2, -0.15) is 13.2 Å². The molecule has 0 radical (unpaired) electrons. The van der Waals surface area contributed by atoms with E-state index in [1.54, 1.807) is 20.8 Å². The Hall–Kier alpha value is -2.78. The van der Waals surface area contributed by atoms with E-state index in [0.29, 0.717) is 5.56 Å². The summed E-state index contributed by atoms with van der Waals surface area (Å²) in [4.78, 5) is 40.6. The Morgan fingerprint density at radius 3 is 2.37 bits per heavy atom. The Balaban J connectivity index is 1.82. The van der Waals surface area contributed by atoms with Crippen molar-refractivity contribution in [2.75, 3.05) is 19.6 Å². The lowest BCUT2D eigenvalue weighted by Gasteiger charge is -2.43. The minimum Gasteiger partial charge on any atom is -0.444 e. The maximum Gasteiger partial charge on any atom is 0.416 e. The van der Waals surface area contributed by atoms with E-state index in [1.807, 2.05) is 0 Å². The number of alkyl halides is 3. The van der Waals surface area contributed by atoms with Crippen LogP contribution in [0, 0.1) is 0 Å². The van der Waals surface area contributed by atoms with Crippen molar-refractivity contribution < 1.29 is 32.3 Å². The van der Waals surface area contributed by atoms with Crippen LogP contribution in [-0.4, -0.2) is 58.5 Å². The van der Waals surface area contributed by atoms with Crippen LogP contribution in [0.2, 0.25) is 0 Å². The molecule has 2 aliphatic rings. The molecule has 2 saturated heterocycles. The van der Waals surface area contributed by atoms with Crippen molar-refractivity contribution in [3.63, 3.8) is 0 Å². The number of rotatable bonds is 2. The van der Waals surface area contributed by atoms with Gasteiger partial charge in [-0.25, -0.2) is 4.79 Å². The predicted molar refractivity (Wildman–Crippen MR) is 100 cm³/mol. The molecule has 164 valence electrons. The number of amides is 3. The highest BCUT2D eigenvalue weighted by molar-refractivity contribution is 5.99. The summed E-state index contributed by atoms with van der Waals surface area (Å²) in [6.07, 6.45) is -4.83. The molecule has 0 bridgehead atoms. The molecule has 10 heteroatoms. The number of halogens is 3. The van der Waals surface area contributed by atoms with Crippen LogP contribution in [0.25, 0.3) is 0 Å². The number of benzene rings is 1. The van der Waals surface area contributed by atoms with Crippen LogP contribution in [0.1, 0.15) is 38.3 Å². The molecule has 2 aliphatic heterocycles. The summed E-state index contributed by atoms with van der Waals surface area (Å²) in [5, 5.41) is 2.56. The van der Waals surface area contributed by atoms with Gasteiger partial charge in [0.05, 0.1) is 18.7 Å². The van der Waals surface area contributed by atoms with E-state index >= 15 is 0 Å². The molecule has 2 fully saturated rings. The zero-order chi connectivity index (χ0) is 22.3. The molecule has 2 heterocycles. The fourth-order valence-corrected chi connectivity index (χ4v) is 3.68. The smallest absolute Gasteiger partial charge is 0.416 e. The Morgan fingerprint density at radius 2 is 1.80 bits per heavy atom. The lowest BCUT2D eigenvalue weighted by Crippen LogP contribution is -2.68. The molecule has 1 spiro atoms. The molecule has 1 unspecified atom stereocenters. The monoisotopic (exact) mass is 427 g/mol. The molecule has 1 aromatic carbocycles. The van der Waals surface area contributed by atoms with Gasteiger partial charge in [0.1, 0.15) is 11.1 Å². The Morgan fingerprint density at radius 1 is 1.17 bits per heavy atom. The highest BCUT2D eigenvalue weighted by atomic mass is 19.4. The van der Waals surface area contributed by atoms with Crippen molar-refractivity contribution in [2.45, 2.75) is 51.1 Å². The first kappa shape index (κ1) is 21.9. The molecular weight excluding hydrogens is 403 g/mol. The zero-order valence-electron chi connectivity index (χ0n) is 17.0. The lowest BCUT2D eigenvalue weighted by atomic mass is 9.91. The SMILES string of the molecule is CC(C)(C)OC(=O)N1CCC2(C1)C(=O)NCC(=O)N2Cc1ccc(C(F)(F)F)cc1. The van der Waals surface area contributed by atoms with E-state index in [1.165, 1.54) is 21.9 Å². The summed E-state index contributed by atoms with van der Waals surface area (Å²) in [5.74, 6) is -0.749. The molecule has 7 nitrogen and oxygen atoms in total. The van der Waals surface area contributed by atoms with Crippen LogP contribution in [0.5, 0.6) is 0 Å². The quantitative estimate of drug-likeness (QED) is 0.787. The molecular formula is C20H24F3N3O4. The van der Waals surface area contributed by atoms with Crippen LogP contribution in [0.15, 0.2) is 24.3 Å². The first-order valence-electron chi connectivity index (χ1n) is 9.55. The second-order valence-electron chi connectivity index (χ2n) is 8.54. The summed E-state index contributed by atoms with van der Waals surface area (Å²) < 4.78 is 43.8. The standard InChI is InChI=1S/C20H24F3N3O4/c1-18(2,3)30-17(29)25-9-8-19(12-25)16(28)24-10-15(27)26(19)11-13-4-6-14(7-5-13)20(21,22)23/h4-7H,8-12H2,1-3H3,(H,24,28). The number of carbonyl (C=O) groups excluding carboxylic acids is 3. The Bertz CT molecular complexity index is 848. The average molecular weight is 427 g/mol. The highest BCUT2D eigenvalue weighted by Crippen LogP contribution is 2.34. The van der Waals surface area contributed by atoms with Crippen LogP contribution < -0.4 is 5.32 Å². The summed E-state index contributed by atoms with van der Waals surface area (Å²) in [6.45, 7) is 5.12. The first-order valence-corrected chi connectivity index (χ1v) is 9.55. The minimum atomic E-state index is -4.46. The number of hydrogen-bond acceptors (Lipinski definition) is 4. The summed E-state index contributed by atoms with van der Waals surface area (Å²) in [5.41, 5.74) is -2.33. The third-order valence-corrected chi connectivity index (χ3v) is 5.16. The Kier molecular flexibility index (Phi) is 5.46. The van der Waals surface area contributed by atoms with E-state index in [0.717, 1.165) is 12.1 Å². The molecule has 0 aliphatic carbocycles. The van der Waals surface area contributed by atoms with E-state index in [-0.39, 0.29) is 44.4 Å². The lowest BCUT2D eigenvalue weighted by molar-refractivity contribution is -0.153. The van der Waals surface area contributed by atoms with Crippen LogP contribution in [0.3, 0.4) is 0 Å². The van der Waals surface area contributed by atoms with Gasteiger partial charge in [0.2, 0.25) is 11.8 Å². The van der Waals surface area contributed by atoms with Crippen molar-refractivity contribution in [1.82, 2.24) is 15.1 Å². The van der Waals surface area contributed by atoms with Gasteiger partial charge in [0, 0.05) is 13.1 Å². The van der Waals surface area contributed by atoms with Gasteiger partial charge in [-0.15, -0.1) is 0 Å². The number of nitrogens with zero attached hydrogens (tertiary/aromatic N) is 2. The maximum atomic E-state index is 12.8. The van der Waals surface area contributed by atoms with Crippen molar-refractivity contribution in [3.8, 4) is 0 Å². The van der Waals surface area contributed by atoms with E-state index in [4.69, 9.17) is 4.74 Å². The molecule has 0 aromatic heterocycles. The van der Waals surface area contributed by atoms with E-state index in [9.17, 15) is 27.6 Å². The van der Waals surface area contributed by atoms with Crippen molar-refractivity contribution in [3.05, 3.63) is 35.4 Å². The fourth-order valence-electron chi connectivity index (χ4n) is 3.68. The summed E-state index contributed by atoms with van der Waals surface area (Å²) in [6, 6.07) is 4.46. The van der Waals surface area contributed by atoms with Gasteiger partial charge in [-0.1, -0.05) is 12.1 Å². The van der Waals surface area contributed by atoms with Crippen LogP contribution >= 0.6 is 0 Å². The third kappa shape index (κ3) is 4.36.